The molecule has 0 aromatic heterocycles. The van der Waals surface area contributed by atoms with E-state index in [1.165, 1.54) is 0 Å². The first-order valence-corrected chi connectivity index (χ1v) is 4.15. The molecule has 0 fully saturated rings. The van der Waals surface area contributed by atoms with Crippen LogP contribution in [0, 0.1) is 5.82 Å². The van der Waals surface area contributed by atoms with Crippen LogP contribution < -0.4 is 10.5 Å². The molecule has 4 heteroatoms. The molecule has 2 N–H and O–H groups in total. The van der Waals surface area contributed by atoms with Crippen LogP contribution in [-0.4, -0.2) is 6.61 Å². The van der Waals surface area contributed by atoms with Gasteiger partial charge in [-0.05, 0) is 18.2 Å². The molecule has 1 aliphatic rings. The molecule has 0 spiro atoms. The Morgan fingerprint density at radius 1 is 1.54 bits per heavy atom. The molecule has 1 aromatic rings. The number of ether oxygens (including phenoxy) is 1. The lowest BCUT2D eigenvalue weighted by atomic mass is 10.1. The second-order valence-electron chi connectivity index (χ2n) is 2.71. The molecule has 0 atom stereocenters. The maximum absolute atomic E-state index is 13.1. The van der Waals surface area contributed by atoms with Crippen molar-refractivity contribution in [1.82, 2.24) is 0 Å². The van der Waals surface area contributed by atoms with E-state index in [0.717, 1.165) is 6.07 Å². The molecular formula is C9H7ClFNO. The highest BCUT2D eigenvalue weighted by molar-refractivity contribution is 6.32. The zero-order chi connectivity index (χ0) is 9.42. The molecule has 0 aliphatic carbocycles. The average molecular weight is 200 g/mol. The molecule has 0 saturated carbocycles. The van der Waals surface area contributed by atoms with Crippen molar-refractivity contribution < 1.29 is 9.13 Å². The van der Waals surface area contributed by atoms with Crippen molar-refractivity contribution in [2.75, 3.05) is 12.3 Å². The highest BCUT2D eigenvalue weighted by Crippen LogP contribution is 2.37. The van der Waals surface area contributed by atoms with Gasteiger partial charge in [-0.1, -0.05) is 11.6 Å². The number of rotatable bonds is 0. The molecule has 2 rings (SSSR count). The normalized spacial score (nSPS) is 13.7. The second-order valence-corrected chi connectivity index (χ2v) is 3.12. The van der Waals surface area contributed by atoms with Crippen LogP contribution in [0.25, 0.3) is 6.08 Å². The van der Waals surface area contributed by atoms with Crippen molar-refractivity contribution in [3.63, 3.8) is 0 Å². The largest absolute Gasteiger partial charge is 0.487 e. The first kappa shape index (κ1) is 8.38. The molecule has 2 nitrogen and oxygen atoms in total. The summed E-state index contributed by atoms with van der Waals surface area (Å²) in [6.07, 6.45) is 3.47. The van der Waals surface area contributed by atoms with Gasteiger partial charge in [-0.3, -0.25) is 0 Å². The van der Waals surface area contributed by atoms with Gasteiger partial charge in [-0.25, -0.2) is 4.39 Å². The topological polar surface area (TPSA) is 35.2 Å². The third-order valence-electron chi connectivity index (χ3n) is 1.87. The summed E-state index contributed by atoms with van der Waals surface area (Å²) in [5, 5.41) is 0.256. The van der Waals surface area contributed by atoms with Gasteiger partial charge in [0.05, 0.1) is 10.7 Å². The molecule has 1 aliphatic heterocycles. The average Bonchev–Trinajstić information content (AvgIpc) is 2.15. The van der Waals surface area contributed by atoms with Gasteiger partial charge >= 0.3 is 0 Å². The number of fused-ring (bicyclic) bond motifs is 1. The Morgan fingerprint density at radius 3 is 3.08 bits per heavy atom. The van der Waals surface area contributed by atoms with Crippen LogP contribution in [0.15, 0.2) is 12.1 Å². The summed E-state index contributed by atoms with van der Waals surface area (Å²) in [5.74, 6) is -0.0537. The Kier molecular flexibility index (Phi) is 1.88. The summed E-state index contributed by atoms with van der Waals surface area (Å²) < 4.78 is 18.3. The second kappa shape index (κ2) is 2.92. The summed E-state index contributed by atoms with van der Waals surface area (Å²) in [5.41, 5.74) is 6.11. The van der Waals surface area contributed by atoms with Crippen molar-refractivity contribution in [3.8, 4) is 5.75 Å². The number of benzene rings is 1. The Balaban J connectivity index is 2.72. The van der Waals surface area contributed by atoms with Crippen molar-refractivity contribution in [1.29, 1.82) is 0 Å². The van der Waals surface area contributed by atoms with Gasteiger partial charge in [0, 0.05) is 5.56 Å². The van der Waals surface area contributed by atoms with Crippen LogP contribution >= 0.6 is 11.6 Å². The molecule has 1 heterocycles. The monoisotopic (exact) mass is 199 g/mol. The minimum Gasteiger partial charge on any atom is -0.487 e. The molecule has 0 saturated heterocycles. The fraction of sp³-hybridized carbons (Fsp3) is 0.111. The van der Waals surface area contributed by atoms with Crippen LogP contribution in [0.4, 0.5) is 10.1 Å². The summed E-state index contributed by atoms with van der Waals surface area (Å²) >= 11 is 5.76. The maximum atomic E-state index is 13.1. The Hall–Kier alpha value is -1.22. The smallest absolute Gasteiger partial charge is 0.148 e. The van der Waals surface area contributed by atoms with Crippen LogP contribution in [0.1, 0.15) is 5.56 Å². The van der Waals surface area contributed by atoms with E-state index in [1.807, 2.05) is 0 Å². The lowest BCUT2D eigenvalue weighted by Crippen LogP contribution is -2.05. The van der Waals surface area contributed by atoms with Crippen molar-refractivity contribution in [2.24, 2.45) is 0 Å². The van der Waals surface area contributed by atoms with Crippen LogP contribution in [-0.2, 0) is 0 Å². The number of anilines is 1. The molecule has 0 amide bonds. The van der Waals surface area contributed by atoms with E-state index in [9.17, 15) is 4.39 Å². The zero-order valence-electron chi connectivity index (χ0n) is 6.68. The number of halogens is 2. The first-order valence-electron chi connectivity index (χ1n) is 3.77. The van der Waals surface area contributed by atoms with Gasteiger partial charge < -0.3 is 10.5 Å². The lowest BCUT2D eigenvalue weighted by Gasteiger charge is -2.15. The van der Waals surface area contributed by atoms with E-state index < -0.39 is 5.82 Å². The van der Waals surface area contributed by atoms with E-state index in [4.69, 9.17) is 22.1 Å². The van der Waals surface area contributed by atoms with E-state index in [1.54, 1.807) is 12.2 Å². The number of hydrogen-bond donors (Lipinski definition) is 1. The zero-order valence-corrected chi connectivity index (χ0v) is 7.44. The third kappa shape index (κ3) is 1.25. The SMILES string of the molecule is Nc1c(F)cc(Cl)c2c1C=CCO2. The summed E-state index contributed by atoms with van der Waals surface area (Å²) in [6, 6.07) is 1.16. The number of hydrogen-bond acceptors (Lipinski definition) is 2. The Morgan fingerprint density at radius 2 is 2.31 bits per heavy atom. The molecule has 0 radical (unpaired) electrons. The van der Waals surface area contributed by atoms with Crippen molar-refractivity contribution in [2.45, 2.75) is 0 Å². The molecule has 0 unspecified atom stereocenters. The van der Waals surface area contributed by atoms with Gasteiger partial charge in [-0.15, -0.1) is 0 Å². The Labute approximate surface area is 79.8 Å². The fourth-order valence-electron chi connectivity index (χ4n) is 1.24. The predicted octanol–water partition coefficient (Wildman–Crippen LogP) is 2.47. The van der Waals surface area contributed by atoms with E-state index >= 15 is 0 Å². The highest BCUT2D eigenvalue weighted by Gasteiger charge is 2.16. The van der Waals surface area contributed by atoms with E-state index in [-0.39, 0.29) is 10.7 Å². The minimum absolute atomic E-state index is 0.0790. The van der Waals surface area contributed by atoms with Gasteiger partial charge in [0.1, 0.15) is 18.2 Å². The molecular weight excluding hydrogens is 193 g/mol. The first-order chi connectivity index (χ1) is 6.20. The van der Waals surface area contributed by atoms with Gasteiger partial charge in [-0.2, -0.15) is 0 Å². The lowest BCUT2D eigenvalue weighted by molar-refractivity contribution is 0.358. The van der Waals surface area contributed by atoms with Crippen LogP contribution in [0.5, 0.6) is 5.75 Å². The summed E-state index contributed by atoms with van der Waals surface area (Å²) in [6.45, 7) is 0.442. The van der Waals surface area contributed by atoms with Crippen LogP contribution in [0.3, 0.4) is 0 Å². The summed E-state index contributed by atoms with van der Waals surface area (Å²) in [4.78, 5) is 0. The number of nitrogens with two attached hydrogens (primary N) is 1. The quantitative estimate of drug-likeness (QED) is 0.652. The maximum Gasteiger partial charge on any atom is 0.148 e. The van der Waals surface area contributed by atoms with Crippen molar-refractivity contribution >= 4 is 23.4 Å². The van der Waals surface area contributed by atoms with Crippen LogP contribution in [0.2, 0.25) is 5.02 Å². The number of nitrogen functional groups attached to an aromatic ring is 1. The Bertz CT molecular complexity index is 390. The van der Waals surface area contributed by atoms with E-state index in [2.05, 4.69) is 0 Å². The standard InChI is InChI=1S/C9H7ClFNO/c10-6-4-7(11)8(12)5-2-1-3-13-9(5)6/h1-2,4H,3,12H2. The van der Waals surface area contributed by atoms with Crippen molar-refractivity contribution in [3.05, 3.63) is 28.5 Å². The third-order valence-corrected chi connectivity index (χ3v) is 2.15. The van der Waals surface area contributed by atoms with E-state index in [0.29, 0.717) is 17.9 Å². The minimum atomic E-state index is -0.515. The van der Waals surface area contributed by atoms with Gasteiger partial charge in [0.2, 0.25) is 0 Å². The molecule has 68 valence electrons. The predicted molar refractivity (Wildman–Crippen MR) is 50.4 cm³/mol. The molecule has 0 bridgehead atoms. The fourth-order valence-corrected chi connectivity index (χ4v) is 1.50. The highest BCUT2D eigenvalue weighted by atomic mass is 35.5. The van der Waals surface area contributed by atoms with Gasteiger partial charge in [0.15, 0.2) is 0 Å². The van der Waals surface area contributed by atoms with Gasteiger partial charge in [0.25, 0.3) is 0 Å². The molecule has 1 aromatic carbocycles. The summed E-state index contributed by atoms with van der Waals surface area (Å²) in [7, 11) is 0. The molecule has 13 heavy (non-hydrogen) atoms.